The number of fused-ring (bicyclic) bond motifs is 7. The van der Waals surface area contributed by atoms with Crippen LogP contribution in [0.4, 0.5) is 34.1 Å². The zero-order valence-corrected chi connectivity index (χ0v) is 47.1. The maximum Gasteiger partial charge on any atom is 0.0468 e. The lowest BCUT2D eigenvalue weighted by molar-refractivity contribution is 0.651. The van der Waals surface area contributed by atoms with Gasteiger partial charge in [0.25, 0.3) is 0 Å². The van der Waals surface area contributed by atoms with Gasteiger partial charge in [0.05, 0.1) is 0 Å². The van der Waals surface area contributed by atoms with E-state index in [1.807, 2.05) is 0 Å². The molecule has 82 heavy (non-hydrogen) atoms. The molecule has 0 amide bonds. The molecule has 11 aromatic rings. The van der Waals surface area contributed by atoms with Gasteiger partial charge < -0.3 is 9.80 Å². The van der Waals surface area contributed by atoms with Crippen LogP contribution in [0.5, 0.6) is 0 Å². The third-order valence-electron chi connectivity index (χ3n) is 18.4. The standard InChI is InChI=1S/C80H64N2/c1-79(2)73-31-19-17-29-65(73)67-45-37-57(49-75(67)79)53-33-39-61(40-34-53)81(59-25-13-7-14-26-59)63-43-47-69-71(51-63)77(55-21-9-5-10-22-55)70-48-44-64(52-72(70)78(69)56-23-11-6-12-24-56)82(60-27-15-8-16-28-60)62-41-35-54(36-42-62)58-38-46-68-66-30-18-20-32-74(66)80(3,4)76(68)50-58/h5-11,13-16,18-23,25-28,30-52H,12,17,24,29H2,1-4H3. The highest BCUT2D eigenvalue weighted by Crippen LogP contribution is 2.53. The summed E-state index contributed by atoms with van der Waals surface area (Å²) < 4.78 is 0. The number of hydrogen-bond donors (Lipinski definition) is 0. The molecule has 0 unspecified atom stereocenters. The molecule has 4 aliphatic rings. The summed E-state index contributed by atoms with van der Waals surface area (Å²) in [7, 11) is 0. The predicted molar refractivity (Wildman–Crippen MR) is 349 cm³/mol. The van der Waals surface area contributed by atoms with Crippen molar-refractivity contribution in [1.29, 1.82) is 0 Å². The van der Waals surface area contributed by atoms with Crippen molar-refractivity contribution in [2.45, 2.75) is 64.2 Å². The van der Waals surface area contributed by atoms with Crippen molar-refractivity contribution >= 4 is 66.8 Å². The molecule has 0 aliphatic heterocycles. The van der Waals surface area contributed by atoms with E-state index in [4.69, 9.17) is 0 Å². The number of hydrogen-bond acceptors (Lipinski definition) is 2. The number of allylic oxidation sites excluding steroid dienone is 8. The molecular formula is C80H64N2. The van der Waals surface area contributed by atoms with E-state index in [0.29, 0.717) is 0 Å². The van der Waals surface area contributed by atoms with Crippen molar-refractivity contribution in [3.8, 4) is 44.5 Å². The highest BCUT2D eigenvalue weighted by Gasteiger charge is 2.38. The fourth-order valence-electron chi connectivity index (χ4n) is 14.3. The molecule has 11 aromatic carbocycles. The normalized spacial score (nSPS) is 15.2. The van der Waals surface area contributed by atoms with Crippen LogP contribution in [0.25, 0.3) is 77.2 Å². The summed E-state index contributed by atoms with van der Waals surface area (Å²) >= 11 is 0. The number of anilines is 6. The molecular weight excluding hydrogens is 989 g/mol. The molecule has 4 aliphatic carbocycles. The number of para-hydroxylation sites is 2. The maximum atomic E-state index is 2.46. The second-order valence-corrected chi connectivity index (χ2v) is 23.8. The minimum absolute atomic E-state index is 0.0134. The van der Waals surface area contributed by atoms with E-state index in [0.717, 1.165) is 59.8 Å². The van der Waals surface area contributed by atoms with Crippen molar-refractivity contribution in [1.82, 2.24) is 0 Å². The molecule has 0 bridgehead atoms. The molecule has 0 spiro atoms. The van der Waals surface area contributed by atoms with Gasteiger partial charge in [-0.3, -0.25) is 0 Å². The topological polar surface area (TPSA) is 6.48 Å². The van der Waals surface area contributed by atoms with Crippen LogP contribution in [0.15, 0.2) is 273 Å². The first-order valence-corrected chi connectivity index (χ1v) is 29.3. The van der Waals surface area contributed by atoms with Crippen molar-refractivity contribution < 1.29 is 0 Å². The molecule has 0 saturated carbocycles. The summed E-state index contributed by atoms with van der Waals surface area (Å²) in [5, 5.41) is 4.96. The van der Waals surface area contributed by atoms with Crippen LogP contribution < -0.4 is 9.80 Å². The molecule has 2 nitrogen and oxygen atoms in total. The highest BCUT2D eigenvalue weighted by atomic mass is 15.1. The minimum Gasteiger partial charge on any atom is -0.310 e. The minimum atomic E-state index is -0.0629. The molecule has 0 aromatic heterocycles. The predicted octanol–water partition coefficient (Wildman–Crippen LogP) is 22.4. The smallest absolute Gasteiger partial charge is 0.0468 e. The van der Waals surface area contributed by atoms with Crippen molar-refractivity contribution in [2.75, 3.05) is 9.80 Å². The summed E-state index contributed by atoms with van der Waals surface area (Å²) in [6.07, 6.45) is 15.8. The molecule has 0 N–H and O–H groups in total. The van der Waals surface area contributed by atoms with Gasteiger partial charge in [-0.2, -0.15) is 0 Å². The van der Waals surface area contributed by atoms with Crippen molar-refractivity contribution in [3.63, 3.8) is 0 Å². The Morgan fingerprint density at radius 2 is 0.805 bits per heavy atom. The third kappa shape index (κ3) is 8.14. The van der Waals surface area contributed by atoms with E-state index in [-0.39, 0.29) is 10.8 Å². The summed E-state index contributed by atoms with van der Waals surface area (Å²) in [6, 6.07) is 88.7. The Hall–Kier alpha value is -9.50. The van der Waals surface area contributed by atoms with Crippen LogP contribution in [-0.2, 0) is 10.8 Å². The Bertz CT molecular complexity index is 4460. The van der Waals surface area contributed by atoms with Crippen LogP contribution >= 0.6 is 0 Å². The molecule has 0 heterocycles. The zero-order valence-electron chi connectivity index (χ0n) is 47.1. The van der Waals surface area contributed by atoms with Gasteiger partial charge in [0.15, 0.2) is 0 Å². The summed E-state index contributed by atoms with van der Waals surface area (Å²) in [5.74, 6) is 0. The molecule has 0 fully saturated rings. The van der Waals surface area contributed by atoms with Crippen LogP contribution in [-0.4, -0.2) is 0 Å². The Morgan fingerprint density at radius 1 is 0.329 bits per heavy atom. The number of benzene rings is 11. The summed E-state index contributed by atoms with van der Waals surface area (Å²) in [4.78, 5) is 4.85. The zero-order chi connectivity index (χ0) is 55.1. The molecule has 394 valence electrons. The Kier molecular flexibility index (Phi) is 11.9. The van der Waals surface area contributed by atoms with Gasteiger partial charge in [-0.1, -0.05) is 210 Å². The summed E-state index contributed by atoms with van der Waals surface area (Å²) in [5.41, 5.74) is 28.0. The van der Waals surface area contributed by atoms with Gasteiger partial charge in [0.2, 0.25) is 0 Å². The van der Waals surface area contributed by atoms with E-state index >= 15 is 0 Å². The fourth-order valence-corrected chi connectivity index (χ4v) is 14.3. The molecule has 0 saturated heterocycles. The number of nitrogens with zero attached hydrogens (tertiary/aromatic N) is 2. The largest absolute Gasteiger partial charge is 0.310 e. The van der Waals surface area contributed by atoms with Crippen LogP contribution in [0.3, 0.4) is 0 Å². The lowest BCUT2D eigenvalue weighted by atomic mass is 9.79. The van der Waals surface area contributed by atoms with E-state index in [1.165, 1.54) is 111 Å². The maximum absolute atomic E-state index is 2.46. The lowest BCUT2D eigenvalue weighted by Crippen LogP contribution is -2.16. The van der Waals surface area contributed by atoms with Crippen LogP contribution in [0, 0.1) is 0 Å². The Labute approximate surface area is 483 Å². The van der Waals surface area contributed by atoms with E-state index in [9.17, 15) is 0 Å². The quantitative estimate of drug-likeness (QED) is 0.126. The fraction of sp³-hybridized carbons (Fsp3) is 0.125. The second kappa shape index (κ2) is 19.6. The van der Waals surface area contributed by atoms with Crippen LogP contribution in [0.2, 0.25) is 0 Å². The van der Waals surface area contributed by atoms with E-state index < -0.39 is 0 Å². The SMILES string of the molecule is CC1(C)C2=C(CCC=C2)c2ccc(-c3ccc(N(c4ccccc4)c4ccc5c(C6=CC=CCC6)c6cc(N(c7ccccc7)c7ccc(-c8ccc9c(c8)C(C)(C)c8ccccc8-9)cc7)ccc6c(-c6ccccc6)c5c4)cc3)cc21. The van der Waals surface area contributed by atoms with Crippen molar-refractivity contribution in [3.05, 3.63) is 300 Å². The van der Waals surface area contributed by atoms with E-state index in [2.05, 4.69) is 304 Å². The average Bonchev–Trinajstić information content (AvgIpc) is 2.98. The summed E-state index contributed by atoms with van der Waals surface area (Å²) in [6.45, 7) is 9.50. The molecule has 0 radical (unpaired) electrons. The van der Waals surface area contributed by atoms with Gasteiger partial charge in [0, 0.05) is 45.0 Å². The van der Waals surface area contributed by atoms with Gasteiger partial charge in [-0.05, 0) is 221 Å². The highest BCUT2D eigenvalue weighted by molar-refractivity contribution is 6.20. The monoisotopic (exact) mass is 1050 g/mol. The van der Waals surface area contributed by atoms with E-state index in [1.54, 1.807) is 0 Å². The van der Waals surface area contributed by atoms with Gasteiger partial charge >= 0.3 is 0 Å². The van der Waals surface area contributed by atoms with Gasteiger partial charge in [-0.25, -0.2) is 0 Å². The molecule has 2 heteroatoms. The first-order chi connectivity index (χ1) is 40.2. The van der Waals surface area contributed by atoms with Crippen molar-refractivity contribution in [2.24, 2.45) is 0 Å². The Balaban J connectivity index is 0.860. The second-order valence-electron chi connectivity index (χ2n) is 23.8. The first-order valence-electron chi connectivity index (χ1n) is 29.3. The first kappa shape index (κ1) is 49.5. The van der Waals surface area contributed by atoms with Gasteiger partial charge in [-0.15, -0.1) is 0 Å². The number of rotatable bonds is 10. The van der Waals surface area contributed by atoms with Crippen LogP contribution in [0.1, 0.15) is 81.2 Å². The third-order valence-corrected chi connectivity index (χ3v) is 18.4. The molecule has 0 atom stereocenters. The Morgan fingerprint density at radius 3 is 1.40 bits per heavy atom. The average molecular weight is 1050 g/mol. The molecule has 15 rings (SSSR count). The lowest BCUT2D eigenvalue weighted by Gasteiger charge is -2.28. The van der Waals surface area contributed by atoms with Gasteiger partial charge in [0.1, 0.15) is 0 Å².